The van der Waals surface area contributed by atoms with Crippen molar-refractivity contribution in [1.29, 1.82) is 0 Å². The van der Waals surface area contributed by atoms with Gasteiger partial charge in [0.15, 0.2) is 6.61 Å². The van der Waals surface area contributed by atoms with E-state index in [4.69, 9.17) is 5.73 Å². The Morgan fingerprint density at radius 3 is 2.48 bits per heavy atom. The number of alkyl halides is 3. The number of nitrogens with zero attached hydrogens (tertiary/aromatic N) is 1. The summed E-state index contributed by atoms with van der Waals surface area (Å²) in [5, 5.41) is 0. The first-order valence-corrected chi connectivity index (χ1v) is 6.75. The predicted octanol–water partition coefficient (Wildman–Crippen LogP) is 2.84. The van der Waals surface area contributed by atoms with E-state index in [9.17, 15) is 18.0 Å². The number of nitrogens with two attached hydrogens (primary N) is 1. The Bertz CT molecular complexity index is 511. The molecule has 1 aliphatic rings. The summed E-state index contributed by atoms with van der Waals surface area (Å²) in [5.41, 5.74) is 6.05. The lowest BCUT2D eigenvalue weighted by Gasteiger charge is -2.26. The zero-order valence-electron chi connectivity index (χ0n) is 11.4. The molecule has 1 amide bonds. The number of hydrogen-bond donors (Lipinski definition) is 1. The fourth-order valence-corrected chi connectivity index (χ4v) is 2.25. The molecule has 1 aromatic carbocycles. The summed E-state index contributed by atoms with van der Waals surface area (Å²) < 4.78 is 40.9. The monoisotopic (exact) mass is 302 g/mol. The highest BCUT2D eigenvalue weighted by atomic mass is 19.4. The third-order valence-electron chi connectivity index (χ3n) is 3.29. The number of rotatable bonds is 3. The van der Waals surface area contributed by atoms with Gasteiger partial charge in [-0.1, -0.05) is 0 Å². The van der Waals surface area contributed by atoms with E-state index < -0.39 is 12.8 Å². The molecule has 0 radical (unpaired) electrons. The highest BCUT2D eigenvalue weighted by Crippen LogP contribution is 2.26. The maximum absolute atomic E-state index is 12.2. The topological polar surface area (TPSA) is 55.6 Å². The SMILES string of the molecule is Nc1cc(C(=O)N2CCCCC2)ccc1OCC(F)(F)F. The van der Waals surface area contributed by atoms with Crippen molar-refractivity contribution in [3.63, 3.8) is 0 Å². The zero-order chi connectivity index (χ0) is 15.5. The van der Waals surface area contributed by atoms with Crippen molar-refractivity contribution >= 4 is 11.6 Å². The molecular weight excluding hydrogens is 285 g/mol. The number of hydrogen-bond acceptors (Lipinski definition) is 3. The Labute approximate surface area is 120 Å². The molecule has 0 atom stereocenters. The Balaban J connectivity index is 2.05. The van der Waals surface area contributed by atoms with E-state index in [-0.39, 0.29) is 17.3 Å². The van der Waals surface area contributed by atoms with Gasteiger partial charge in [0.25, 0.3) is 5.91 Å². The molecular formula is C14H17F3N2O2. The van der Waals surface area contributed by atoms with Crippen molar-refractivity contribution in [2.45, 2.75) is 25.4 Å². The van der Waals surface area contributed by atoms with E-state index in [2.05, 4.69) is 4.74 Å². The lowest BCUT2D eigenvalue weighted by atomic mass is 10.1. The molecule has 1 fully saturated rings. The molecule has 0 aliphatic carbocycles. The molecule has 116 valence electrons. The third kappa shape index (κ3) is 4.27. The Kier molecular flexibility index (Phi) is 4.59. The summed E-state index contributed by atoms with van der Waals surface area (Å²) >= 11 is 0. The normalized spacial score (nSPS) is 15.9. The Morgan fingerprint density at radius 2 is 1.90 bits per heavy atom. The van der Waals surface area contributed by atoms with Crippen LogP contribution in [0.4, 0.5) is 18.9 Å². The van der Waals surface area contributed by atoms with Crippen LogP contribution in [0.15, 0.2) is 18.2 Å². The van der Waals surface area contributed by atoms with Crippen molar-refractivity contribution in [3.05, 3.63) is 23.8 Å². The number of ether oxygens (including phenoxy) is 1. The van der Waals surface area contributed by atoms with Gasteiger partial charge in [0.1, 0.15) is 5.75 Å². The number of halogens is 3. The first kappa shape index (κ1) is 15.5. The maximum atomic E-state index is 12.2. The van der Waals surface area contributed by atoms with Gasteiger partial charge < -0.3 is 15.4 Å². The number of anilines is 1. The molecule has 0 saturated carbocycles. The number of likely N-dealkylation sites (tertiary alicyclic amines) is 1. The summed E-state index contributed by atoms with van der Waals surface area (Å²) in [6.07, 6.45) is -1.38. The molecule has 0 aromatic heterocycles. The first-order valence-electron chi connectivity index (χ1n) is 6.75. The molecule has 2 N–H and O–H groups in total. The summed E-state index contributed by atoms with van der Waals surface area (Å²) in [7, 11) is 0. The van der Waals surface area contributed by atoms with Gasteiger partial charge in [0, 0.05) is 18.7 Å². The number of carbonyl (C=O) groups is 1. The second-order valence-electron chi connectivity index (χ2n) is 5.01. The number of piperidine rings is 1. The number of amides is 1. The predicted molar refractivity (Wildman–Crippen MR) is 72.2 cm³/mol. The van der Waals surface area contributed by atoms with Gasteiger partial charge in [-0.2, -0.15) is 13.2 Å². The van der Waals surface area contributed by atoms with E-state index in [0.717, 1.165) is 19.3 Å². The van der Waals surface area contributed by atoms with Gasteiger partial charge in [0.2, 0.25) is 0 Å². The van der Waals surface area contributed by atoms with Crippen LogP contribution in [-0.2, 0) is 0 Å². The van der Waals surface area contributed by atoms with E-state index in [0.29, 0.717) is 18.7 Å². The summed E-state index contributed by atoms with van der Waals surface area (Å²) in [6, 6.07) is 4.11. The molecule has 0 unspecified atom stereocenters. The quantitative estimate of drug-likeness (QED) is 0.874. The summed E-state index contributed by atoms with van der Waals surface area (Å²) in [5.74, 6) is -0.216. The second-order valence-corrected chi connectivity index (χ2v) is 5.01. The minimum Gasteiger partial charge on any atom is -0.482 e. The molecule has 21 heavy (non-hydrogen) atoms. The van der Waals surface area contributed by atoms with Crippen molar-refractivity contribution in [1.82, 2.24) is 4.90 Å². The van der Waals surface area contributed by atoms with Crippen LogP contribution in [0.3, 0.4) is 0 Å². The van der Waals surface area contributed by atoms with Crippen molar-refractivity contribution in [3.8, 4) is 5.75 Å². The number of carbonyl (C=O) groups excluding carboxylic acids is 1. The van der Waals surface area contributed by atoms with Gasteiger partial charge >= 0.3 is 6.18 Å². The van der Waals surface area contributed by atoms with Crippen LogP contribution in [0, 0.1) is 0 Å². The minimum atomic E-state index is -4.42. The van der Waals surface area contributed by atoms with Crippen LogP contribution in [-0.4, -0.2) is 36.7 Å². The third-order valence-corrected chi connectivity index (χ3v) is 3.29. The van der Waals surface area contributed by atoms with Gasteiger partial charge in [-0.25, -0.2) is 0 Å². The van der Waals surface area contributed by atoms with Crippen LogP contribution in [0.2, 0.25) is 0 Å². The number of nitrogen functional groups attached to an aromatic ring is 1. The highest BCUT2D eigenvalue weighted by molar-refractivity contribution is 5.95. The average Bonchev–Trinajstić information content (AvgIpc) is 2.45. The molecule has 0 spiro atoms. The average molecular weight is 302 g/mol. The Hall–Kier alpha value is -1.92. The Morgan fingerprint density at radius 1 is 1.24 bits per heavy atom. The van der Waals surface area contributed by atoms with Gasteiger partial charge in [-0.05, 0) is 37.5 Å². The second kappa shape index (κ2) is 6.24. The molecule has 0 bridgehead atoms. The number of benzene rings is 1. The molecule has 1 aromatic rings. The van der Waals surface area contributed by atoms with E-state index in [1.165, 1.54) is 18.2 Å². The lowest BCUT2D eigenvalue weighted by molar-refractivity contribution is -0.153. The molecule has 7 heteroatoms. The fraction of sp³-hybridized carbons (Fsp3) is 0.500. The molecule has 1 heterocycles. The van der Waals surface area contributed by atoms with Gasteiger partial charge in [-0.15, -0.1) is 0 Å². The first-order chi connectivity index (χ1) is 9.87. The largest absolute Gasteiger partial charge is 0.482 e. The van der Waals surface area contributed by atoms with Crippen LogP contribution in [0.1, 0.15) is 29.6 Å². The van der Waals surface area contributed by atoms with Crippen LogP contribution in [0.5, 0.6) is 5.75 Å². The van der Waals surface area contributed by atoms with Crippen molar-refractivity contribution < 1.29 is 22.7 Å². The van der Waals surface area contributed by atoms with Crippen LogP contribution < -0.4 is 10.5 Å². The molecule has 2 rings (SSSR count). The van der Waals surface area contributed by atoms with E-state index in [1.54, 1.807) is 4.90 Å². The molecule has 1 saturated heterocycles. The van der Waals surface area contributed by atoms with E-state index >= 15 is 0 Å². The van der Waals surface area contributed by atoms with Gasteiger partial charge in [0.05, 0.1) is 5.69 Å². The van der Waals surface area contributed by atoms with Crippen molar-refractivity contribution in [2.75, 3.05) is 25.4 Å². The highest BCUT2D eigenvalue weighted by Gasteiger charge is 2.29. The zero-order valence-corrected chi connectivity index (χ0v) is 11.4. The lowest BCUT2D eigenvalue weighted by Crippen LogP contribution is -2.35. The molecule has 4 nitrogen and oxygen atoms in total. The standard InChI is InChI=1S/C14H17F3N2O2/c15-14(16,17)9-21-12-5-4-10(8-11(12)18)13(20)19-6-2-1-3-7-19/h4-5,8H,1-3,6-7,9,18H2. The summed E-state index contributed by atoms with van der Waals surface area (Å²) in [4.78, 5) is 14.0. The fourth-order valence-electron chi connectivity index (χ4n) is 2.25. The van der Waals surface area contributed by atoms with Crippen molar-refractivity contribution in [2.24, 2.45) is 0 Å². The minimum absolute atomic E-state index is 0.0297. The van der Waals surface area contributed by atoms with Crippen LogP contribution in [0.25, 0.3) is 0 Å². The summed E-state index contributed by atoms with van der Waals surface area (Å²) in [6.45, 7) is -0.00720. The van der Waals surface area contributed by atoms with Gasteiger partial charge in [-0.3, -0.25) is 4.79 Å². The van der Waals surface area contributed by atoms with Crippen LogP contribution >= 0.6 is 0 Å². The smallest absolute Gasteiger partial charge is 0.422 e. The maximum Gasteiger partial charge on any atom is 0.422 e. The molecule has 1 aliphatic heterocycles. The van der Waals surface area contributed by atoms with E-state index in [1.807, 2.05) is 0 Å².